The van der Waals surface area contributed by atoms with Gasteiger partial charge in [0.05, 0.1) is 23.2 Å². The number of aromatic nitrogens is 1. The van der Waals surface area contributed by atoms with E-state index < -0.39 is 11.4 Å². The Hall–Kier alpha value is -4.96. The van der Waals surface area contributed by atoms with Crippen LogP contribution < -0.4 is 15.5 Å². The van der Waals surface area contributed by atoms with Gasteiger partial charge in [0.25, 0.3) is 5.91 Å². The Bertz CT molecular complexity index is 1710. The highest BCUT2D eigenvalue weighted by atomic mass is 19.1. The minimum atomic E-state index is -0.472. The molecule has 9 nitrogen and oxygen atoms in total. The number of carbonyl (C=O) groups excluding carboxylic acids is 2. The third kappa shape index (κ3) is 5.87. The molecule has 43 heavy (non-hydrogen) atoms. The number of halogens is 1. The van der Waals surface area contributed by atoms with Crippen molar-refractivity contribution in [1.29, 1.82) is 0 Å². The van der Waals surface area contributed by atoms with Crippen LogP contribution in [0.25, 0.3) is 11.0 Å². The summed E-state index contributed by atoms with van der Waals surface area (Å²) in [5.41, 5.74) is 1.92. The number of allylic oxidation sites excluding steroid dienone is 2. The van der Waals surface area contributed by atoms with E-state index in [2.05, 4.69) is 26.6 Å². The molecule has 0 spiro atoms. The Morgan fingerprint density at radius 1 is 1.02 bits per heavy atom. The van der Waals surface area contributed by atoms with E-state index >= 15 is 0 Å². The molecule has 1 aliphatic heterocycles. The Morgan fingerprint density at radius 2 is 1.84 bits per heavy atom. The molecule has 1 aliphatic carbocycles. The van der Waals surface area contributed by atoms with Crippen LogP contribution in [0, 0.1) is 5.82 Å². The normalized spacial score (nSPS) is 19.9. The number of hydrogen-bond acceptors (Lipinski definition) is 6. The van der Waals surface area contributed by atoms with Gasteiger partial charge >= 0.3 is 6.03 Å². The summed E-state index contributed by atoms with van der Waals surface area (Å²) in [4.78, 5) is 33.8. The smallest absolute Gasteiger partial charge is 0.322 e. The fourth-order valence-corrected chi connectivity index (χ4v) is 5.46. The van der Waals surface area contributed by atoms with E-state index in [0.29, 0.717) is 37.4 Å². The van der Waals surface area contributed by atoms with Gasteiger partial charge in [-0.05, 0) is 55.0 Å². The minimum absolute atomic E-state index is 0.0302. The lowest BCUT2D eigenvalue weighted by Gasteiger charge is -2.35. The average Bonchev–Trinajstić information content (AvgIpc) is 3.47. The zero-order chi connectivity index (χ0) is 30.0. The molecule has 2 atom stereocenters. The quantitative estimate of drug-likeness (QED) is 0.282. The second kappa shape index (κ2) is 11.7. The highest BCUT2D eigenvalue weighted by Crippen LogP contribution is 2.37. The molecule has 6 rings (SSSR count). The van der Waals surface area contributed by atoms with Crippen molar-refractivity contribution in [3.63, 3.8) is 0 Å². The summed E-state index contributed by atoms with van der Waals surface area (Å²) in [5, 5.41) is 6.31. The van der Waals surface area contributed by atoms with E-state index in [1.807, 2.05) is 49.4 Å². The Morgan fingerprint density at radius 3 is 2.58 bits per heavy atom. The number of rotatable bonds is 6. The molecule has 3 heterocycles. The second-order valence-electron chi connectivity index (χ2n) is 10.8. The number of para-hydroxylation sites is 1. The summed E-state index contributed by atoms with van der Waals surface area (Å²) >= 11 is 0. The number of nitrogens with zero attached hydrogens (tertiary/aromatic N) is 3. The van der Waals surface area contributed by atoms with Crippen LogP contribution in [0.5, 0.6) is 0 Å². The molecule has 10 heteroatoms. The number of methoxy groups -OCH3 is 1. The number of hydrogen-bond donors (Lipinski definition) is 2. The number of furan rings is 1. The molecule has 1 saturated heterocycles. The lowest BCUT2D eigenvalue weighted by molar-refractivity contribution is 0.0355. The fourth-order valence-electron chi connectivity index (χ4n) is 5.46. The summed E-state index contributed by atoms with van der Waals surface area (Å²) in [5.74, 6) is 0.125. The molecule has 220 valence electrons. The summed E-state index contributed by atoms with van der Waals surface area (Å²) in [6.45, 7) is 4.12. The number of pyridine rings is 1. The van der Waals surface area contributed by atoms with Gasteiger partial charge in [0.1, 0.15) is 17.2 Å². The molecule has 0 saturated carbocycles. The van der Waals surface area contributed by atoms with E-state index in [9.17, 15) is 14.0 Å². The van der Waals surface area contributed by atoms with Crippen LogP contribution in [0.2, 0.25) is 0 Å². The fraction of sp³-hybridized carbons (Fsp3) is 0.242. The van der Waals surface area contributed by atoms with E-state index in [1.165, 1.54) is 12.1 Å². The van der Waals surface area contributed by atoms with Crippen LogP contribution in [0.4, 0.5) is 26.4 Å². The van der Waals surface area contributed by atoms with Gasteiger partial charge in [-0.15, -0.1) is 0 Å². The van der Waals surface area contributed by atoms with Gasteiger partial charge in [-0.3, -0.25) is 4.79 Å². The second-order valence-corrected chi connectivity index (χ2v) is 10.8. The van der Waals surface area contributed by atoms with E-state index in [4.69, 9.17) is 9.15 Å². The lowest BCUT2D eigenvalue weighted by Crippen LogP contribution is -2.50. The molecule has 2 unspecified atom stereocenters. The number of ether oxygens (including phenoxy) is 1. The molecule has 2 aromatic heterocycles. The molecule has 1 fully saturated rings. The highest BCUT2D eigenvalue weighted by molar-refractivity contribution is 6.04. The van der Waals surface area contributed by atoms with Crippen LogP contribution in [-0.4, -0.2) is 60.7 Å². The predicted octanol–water partition coefficient (Wildman–Crippen LogP) is 6.19. The highest BCUT2D eigenvalue weighted by Gasteiger charge is 2.33. The summed E-state index contributed by atoms with van der Waals surface area (Å²) in [6.07, 6.45) is 9.75. The molecular formula is C33H32FN5O4. The molecule has 2 N–H and O–H groups in total. The van der Waals surface area contributed by atoms with Crippen LogP contribution in [0.15, 0.2) is 95.6 Å². The van der Waals surface area contributed by atoms with E-state index in [-0.39, 0.29) is 29.3 Å². The maximum absolute atomic E-state index is 13.9. The molecule has 4 aromatic rings. The third-order valence-corrected chi connectivity index (χ3v) is 8.03. The van der Waals surface area contributed by atoms with Crippen molar-refractivity contribution < 1.29 is 23.1 Å². The summed E-state index contributed by atoms with van der Waals surface area (Å²) in [7, 11) is 1.70. The van der Waals surface area contributed by atoms with Crippen molar-refractivity contribution in [2.24, 2.45) is 0 Å². The number of piperazine rings is 1. The minimum Gasteiger partial charge on any atom is -0.451 e. The van der Waals surface area contributed by atoms with Crippen LogP contribution in [-0.2, 0) is 4.74 Å². The number of amides is 3. The third-order valence-electron chi connectivity index (χ3n) is 8.03. The van der Waals surface area contributed by atoms with Crippen molar-refractivity contribution in [1.82, 2.24) is 9.88 Å². The van der Waals surface area contributed by atoms with Gasteiger partial charge in [-0.1, -0.05) is 42.5 Å². The van der Waals surface area contributed by atoms with Gasteiger partial charge in [0.2, 0.25) is 0 Å². The maximum Gasteiger partial charge on any atom is 0.322 e. The summed E-state index contributed by atoms with van der Waals surface area (Å²) in [6, 6.07) is 17.0. The Labute approximate surface area is 248 Å². The molecular weight excluding hydrogens is 549 g/mol. The van der Waals surface area contributed by atoms with E-state index in [1.54, 1.807) is 42.5 Å². The maximum atomic E-state index is 13.9. The van der Waals surface area contributed by atoms with Gasteiger partial charge in [0.15, 0.2) is 5.76 Å². The molecule has 0 bridgehead atoms. The lowest BCUT2D eigenvalue weighted by atomic mass is 9.80. The number of urea groups is 1. The van der Waals surface area contributed by atoms with Gasteiger partial charge < -0.3 is 29.6 Å². The Balaban J connectivity index is 1.06. The first-order valence-corrected chi connectivity index (χ1v) is 14.1. The van der Waals surface area contributed by atoms with Crippen molar-refractivity contribution >= 4 is 40.1 Å². The number of anilines is 3. The number of benzene rings is 2. The van der Waals surface area contributed by atoms with Crippen molar-refractivity contribution in [2.45, 2.75) is 18.4 Å². The van der Waals surface area contributed by atoms with Crippen molar-refractivity contribution in [3.8, 4) is 0 Å². The zero-order valence-corrected chi connectivity index (χ0v) is 23.9. The van der Waals surface area contributed by atoms with Crippen molar-refractivity contribution in [2.75, 3.05) is 48.8 Å². The average molecular weight is 582 g/mol. The number of nitrogens with one attached hydrogen (secondary N) is 2. The van der Waals surface area contributed by atoms with Crippen LogP contribution >= 0.6 is 0 Å². The molecule has 0 radical (unpaired) electrons. The first kappa shape index (κ1) is 28.2. The monoisotopic (exact) mass is 581 g/mol. The van der Waals surface area contributed by atoms with Crippen LogP contribution in [0.1, 0.15) is 29.0 Å². The van der Waals surface area contributed by atoms with Crippen LogP contribution in [0.3, 0.4) is 0 Å². The number of carbonyl (C=O) groups is 2. The topological polar surface area (TPSA) is 99.9 Å². The van der Waals surface area contributed by atoms with Crippen molar-refractivity contribution in [3.05, 3.63) is 108 Å². The first-order valence-electron chi connectivity index (χ1n) is 14.1. The standard InChI is InChI=1S/C33H32FN5O4/c1-33(42-2)14-6-5-7-25(33)22-10-12-28-23(19-22)20-29(43-28)31(40)36-24-11-13-30(35-21-24)38-15-17-39(18-16-38)32(41)37-27-9-4-3-8-26(27)34/h3-14,19-21,25H,15-18H2,1-2H3,(H,36,40)(H,37,41). The SMILES string of the molecule is COC1(C)C=CC=CC1c1ccc2oc(C(=O)Nc3ccc(N4CCN(C(=O)Nc5ccccc5F)CC4)nc3)cc2c1. The van der Waals surface area contributed by atoms with Gasteiger partial charge in [-0.2, -0.15) is 0 Å². The largest absolute Gasteiger partial charge is 0.451 e. The van der Waals surface area contributed by atoms with Gasteiger partial charge in [-0.25, -0.2) is 14.2 Å². The van der Waals surface area contributed by atoms with Gasteiger partial charge in [0, 0.05) is 44.6 Å². The molecule has 2 aliphatic rings. The number of fused-ring (bicyclic) bond motifs is 1. The molecule has 3 amide bonds. The zero-order valence-electron chi connectivity index (χ0n) is 23.9. The predicted molar refractivity (Wildman–Crippen MR) is 164 cm³/mol. The van der Waals surface area contributed by atoms with E-state index in [0.717, 1.165) is 16.8 Å². The summed E-state index contributed by atoms with van der Waals surface area (Å²) < 4.78 is 25.5. The Kier molecular flexibility index (Phi) is 7.69. The first-order chi connectivity index (χ1) is 20.8. The molecule has 2 aromatic carbocycles.